The van der Waals surface area contributed by atoms with Crippen molar-refractivity contribution in [2.24, 2.45) is 0 Å². The molecule has 7 nitrogen and oxygen atoms in total. The van der Waals surface area contributed by atoms with Crippen molar-refractivity contribution in [3.05, 3.63) is 60.2 Å². The topological polar surface area (TPSA) is 98.7 Å². The predicted octanol–water partition coefficient (Wildman–Crippen LogP) is 4.45. The summed E-state index contributed by atoms with van der Waals surface area (Å²) in [5.74, 6) is -0.124. The molecule has 1 heterocycles. The highest BCUT2D eigenvalue weighted by Crippen LogP contribution is 2.41. The molecule has 3 rings (SSSR count). The number of para-hydroxylation sites is 2. The lowest BCUT2D eigenvalue weighted by atomic mass is 10.1. The number of aliphatic carboxylic acids is 1. The molecule has 0 aliphatic carbocycles. The third kappa shape index (κ3) is 7.38. The third-order valence-electron chi connectivity index (χ3n) is 5.54. The molecule has 0 atom stereocenters. The number of nitrogens with one attached hydrogen (secondary N) is 2. The van der Waals surface area contributed by atoms with Crippen LogP contribution in [0.3, 0.4) is 0 Å². The molecular weight excluding hydrogens is 458 g/mol. The molecular formula is C24H33N3O4S2. The molecule has 1 aliphatic rings. The zero-order chi connectivity index (χ0) is 23.7. The number of unbranched alkanes of at least 4 members (excludes halogenated alkanes) is 1. The summed E-state index contributed by atoms with van der Waals surface area (Å²) < 4.78 is 27.5. The van der Waals surface area contributed by atoms with Crippen LogP contribution in [0.25, 0.3) is 0 Å². The quantitative estimate of drug-likeness (QED) is 0.336. The van der Waals surface area contributed by atoms with Crippen molar-refractivity contribution in [1.82, 2.24) is 4.31 Å². The van der Waals surface area contributed by atoms with Gasteiger partial charge in [-0.15, -0.1) is 11.8 Å². The highest BCUT2D eigenvalue weighted by atomic mass is 32.2. The van der Waals surface area contributed by atoms with E-state index in [0.717, 1.165) is 23.4 Å². The molecule has 0 bridgehead atoms. The standard InChI is InChI=1S/C24H33N3O4S2/c1-2-3-18-33(30,31)27(16-14-20-10-5-4-6-11-20)15-9-17-32-24(19-23(28)29)25-21-12-7-8-13-22(21)26-24/h4-8,10-13,25-26H,2-3,9,14-19H2,1H3,(H,28,29). The number of hydrogen-bond acceptors (Lipinski definition) is 6. The highest BCUT2D eigenvalue weighted by Gasteiger charge is 2.38. The predicted molar refractivity (Wildman–Crippen MR) is 136 cm³/mol. The van der Waals surface area contributed by atoms with E-state index >= 15 is 0 Å². The van der Waals surface area contributed by atoms with Gasteiger partial charge in [0, 0.05) is 13.1 Å². The Morgan fingerprint density at radius 1 is 1.00 bits per heavy atom. The third-order valence-corrected chi connectivity index (χ3v) is 8.83. The number of fused-ring (bicyclic) bond motifs is 1. The minimum Gasteiger partial charge on any atom is -0.481 e. The summed E-state index contributed by atoms with van der Waals surface area (Å²) in [7, 11) is -3.33. The summed E-state index contributed by atoms with van der Waals surface area (Å²) in [5.41, 5.74) is 2.86. The van der Waals surface area contributed by atoms with Crippen molar-refractivity contribution in [2.75, 3.05) is 35.2 Å². The average Bonchev–Trinajstić information content (AvgIpc) is 3.15. The van der Waals surface area contributed by atoms with E-state index in [9.17, 15) is 18.3 Å². The maximum absolute atomic E-state index is 12.9. The Labute approximate surface area is 201 Å². The summed E-state index contributed by atoms with van der Waals surface area (Å²) in [6.45, 7) is 2.85. The first kappa shape index (κ1) is 25.4. The zero-order valence-corrected chi connectivity index (χ0v) is 20.6. The fourth-order valence-electron chi connectivity index (χ4n) is 3.82. The molecule has 0 radical (unpaired) electrons. The number of sulfonamides is 1. The fraction of sp³-hybridized carbons (Fsp3) is 0.458. The van der Waals surface area contributed by atoms with Gasteiger partial charge in [-0.1, -0.05) is 55.8 Å². The monoisotopic (exact) mass is 491 g/mol. The van der Waals surface area contributed by atoms with Crippen LogP contribution >= 0.6 is 11.8 Å². The molecule has 2 aromatic rings. The van der Waals surface area contributed by atoms with E-state index in [2.05, 4.69) is 10.6 Å². The van der Waals surface area contributed by atoms with Gasteiger partial charge >= 0.3 is 5.97 Å². The molecule has 1 aliphatic heterocycles. The molecule has 0 saturated carbocycles. The van der Waals surface area contributed by atoms with Crippen LogP contribution in [0, 0.1) is 0 Å². The maximum Gasteiger partial charge on any atom is 0.308 e. The number of carboxylic acid groups (broad SMARTS) is 1. The summed E-state index contributed by atoms with van der Waals surface area (Å²) in [4.78, 5) is 10.7. The number of carbonyl (C=O) groups is 1. The molecule has 9 heteroatoms. The van der Waals surface area contributed by atoms with Gasteiger partial charge in [-0.25, -0.2) is 12.7 Å². The van der Waals surface area contributed by atoms with Crippen LogP contribution in [0.4, 0.5) is 11.4 Å². The van der Waals surface area contributed by atoms with E-state index in [-0.39, 0.29) is 12.2 Å². The first-order chi connectivity index (χ1) is 15.8. The zero-order valence-electron chi connectivity index (χ0n) is 19.0. The molecule has 0 spiro atoms. The Hall–Kier alpha value is -2.23. The Kier molecular flexibility index (Phi) is 9.05. The Bertz CT molecular complexity index is 990. The summed E-state index contributed by atoms with van der Waals surface area (Å²) in [6, 6.07) is 17.5. The molecule has 0 saturated heterocycles. The Balaban J connectivity index is 1.60. The second-order valence-electron chi connectivity index (χ2n) is 8.20. The van der Waals surface area contributed by atoms with Gasteiger partial charge in [0.05, 0.1) is 23.5 Å². The summed E-state index contributed by atoms with van der Waals surface area (Å²) in [5, 5.41) is 16.1. The van der Waals surface area contributed by atoms with Crippen LogP contribution in [-0.2, 0) is 21.2 Å². The molecule has 3 N–H and O–H groups in total. The largest absolute Gasteiger partial charge is 0.481 e. The summed E-state index contributed by atoms with van der Waals surface area (Å²) in [6.07, 6.45) is 2.68. The highest BCUT2D eigenvalue weighted by molar-refractivity contribution is 8.00. The first-order valence-electron chi connectivity index (χ1n) is 11.4. The van der Waals surface area contributed by atoms with Gasteiger partial charge in [0.1, 0.15) is 0 Å². The van der Waals surface area contributed by atoms with Gasteiger partial charge in [0.25, 0.3) is 0 Å². The first-order valence-corrected chi connectivity index (χ1v) is 14.0. The van der Waals surface area contributed by atoms with Crippen LogP contribution < -0.4 is 10.6 Å². The molecule has 0 unspecified atom stereocenters. The normalized spacial score (nSPS) is 14.5. The van der Waals surface area contributed by atoms with Crippen LogP contribution in [0.2, 0.25) is 0 Å². The van der Waals surface area contributed by atoms with Crippen molar-refractivity contribution in [1.29, 1.82) is 0 Å². The van der Waals surface area contributed by atoms with Crippen LogP contribution in [0.1, 0.15) is 38.2 Å². The Morgan fingerprint density at radius 2 is 1.64 bits per heavy atom. The lowest BCUT2D eigenvalue weighted by Crippen LogP contribution is -2.41. The number of benzene rings is 2. The van der Waals surface area contributed by atoms with E-state index in [4.69, 9.17) is 0 Å². The maximum atomic E-state index is 12.9. The minimum atomic E-state index is -3.33. The van der Waals surface area contributed by atoms with E-state index in [1.807, 2.05) is 61.5 Å². The van der Waals surface area contributed by atoms with Crippen molar-refractivity contribution in [3.8, 4) is 0 Å². The Morgan fingerprint density at radius 3 is 2.24 bits per heavy atom. The second-order valence-corrected chi connectivity index (χ2v) is 11.7. The van der Waals surface area contributed by atoms with E-state index in [1.165, 1.54) is 11.8 Å². The minimum absolute atomic E-state index is 0.0983. The number of hydrogen-bond donors (Lipinski definition) is 3. The van der Waals surface area contributed by atoms with Gasteiger partial charge in [-0.3, -0.25) is 4.79 Å². The second kappa shape index (κ2) is 11.8. The van der Waals surface area contributed by atoms with Crippen LogP contribution in [0.15, 0.2) is 54.6 Å². The summed E-state index contributed by atoms with van der Waals surface area (Å²) >= 11 is 1.48. The van der Waals surface area contributed by atoms with Crippen molar-refractivity contribution >= 4 is 39.1 Å². The van der Waals surface area contributed by atoms with Crippen LogP contribution in [-0.4, -0.2) is 53.4 Å². The average molecular weight is 492 g/mol. The van der Waals surface area contributed by atoms with Gasteiger partial charge in [0.2, 0.25) is 10.0 Å². The molecule has 33 heavy (non-hydrogen) atoms. The molecule has 0 fully saturated rings. The van der Waals surface area contributed by atoms with Crippen molar-refractivity contribution in [2.45, 2.75) is 44.0 Å². The number of carboxylic acids is 1. The number of anilines is 2. The lowest BCUT2D eigenvalue weighted by molar-refractivity contribution is -0.137. The van der Waals surface area contributed by atoms with E-state index in [1.54, 1.807) is 4.31 Å². The molecule has 0 aromatic heterocycles. The van der Waals surface area contributed by atoms with Gasteiger partial charge < -0.3 is 15.7 Å². The number of nitrogens with zero attached hydrogens (tertiary/aromatic N) is 1. The number of thioether (sulfide) groups is 1. The van der Waals surface area contributed by atoms with Crippen molar-refractivity contribution in [3.63, 3.8) is 0 Å². The molecule has 180 valence electrons. The van der Waals surface area contributed by atoms with Crippen LogP contribution in [0.5, 0.6) is 0 Å². The van der Waals surface area contributed by atoms with E-state index < -0.39 is 21.0 Å². The molecule has 0 amide bonds. The van der Waals surface area contributed by atoms with Gasteiger partial charge in [-0.2, -0.15) is 0 Å². The lowest BCUT2D eigenvalue weighted by Gasteiger charge is -2.29. The van der Waals surface area contributed by atoms with Gasteiger partial charge in [-0.05, 0) is 42.7 Å². The number of rotatable bonds is 14. The SMILES string of the molecule is CCCCS(=O)(=O)N(CCCSC1(CC(=O)O)Nc2ccccc2N1)CCc1ccccc1. The smallest absolute Gasteiger partial charge is 0.308 e. The van der Waals surface area contributed by atoms with E-state index in [0.29, 0.717) is 38.1 Å². The van der Waals surface area contributed by atoms with Gasteiger partial charge in [0.15, 0.2) is 4.99 Å². The molecule has 2 aromatic carbocycles. The van der Waals surface area contributed by atoms with Crippen molar-refractivity contribution < 1.29 is 18.3 Å². The fourth-order valence-corrected chi connectivity index (χ4v) is 6.72.